The summed E-state index contributed by atoms with van der Waals surface area (Å²) in [5.41, 5.74) is -0.0365. The number of nitrogens with zero attached hydrogens (tertiary/aromatic N) is 2. The molecule has 0 aliphatic carbocycles. The molecule has 3 aliphatic heterocycles. The largest absolute Gasteiger partial charge is 0.481 e. The summed E-state index contributed by atoms with van der Waals surface area (Å²) in [5.74, 6) is 0.419. The third-order valence-electron chi connectivity index (χ3n) is 5.86. The van der Waals surface area contributed by atoms with Gasteiger partial charge in [0.15, 0.2) is 11.5 Å². The molecule has 8 nitrogen and oxygen atoms in total. The Hall–Kier alpha value is -2.32. The van der Waals surface area contributed by atoms with Gasteiger partial charge in [-0.3, -0.25) is 14.5 Å². The number of carbonyl (C=O) groups is 2. The second-order valence-corrected chi connectivity index (χ2v) is 7.52. The summed E-state index contributed by atoms with van der Waals surface area (Å²) in [6, 6.07) is 5.47. The maximum atomic E-state index is 12.8. The van der Waals surface area contributed by atoms with Crippen molar-refractivity contribution in [2.75, 3.05) is 53.2 Å². The minimum absolute atomic E-state index is 0.0486. The van der Waals surface area contributed by atoms with Gasteiger partial charge in [-0.05, 0) is 17.7 Å². The smallest absolute Gasteiger partial charge is 0.313 e. The number of methoxy groups -OCH3 is 1. The van der Waals surface area contributed by atoms with Crippen LogP contribution in [0.25, 0.3) is 0 Å². The summed E-state index contributed by atoms with van der Waals surface area (Å²) in [7, 11) is 1.64. The second-order valence-electron chi connectivity index (χ2n) is 7.52. The van der Waals surface area contributed by atoms with Crippen LogP contribution in [0.15, 0.2) is 18.2 Å². The summed E-state index contributed by atoms with van der Waals surface area (Å²) >= 11 is 0. The number of benzene rings is 1. The van der Waals surface area contributed by atoms with Crippen molar-refractivity contribution in [3.05, 3.63) is 23.8 Å². The third kappa shape index (κ3) is 3.23. The molecular weight excluding hydrogens is 352 g/mol. The Bertz CT molecular complexity index is 754. The normalized spacial score (nSPS) is 26.4. The predicted octanol–water partition coefficient (Wildman–Crippen LogP) is 0.449. The Morgan fingerprint density at radius 2 is 2.07 bits per heavy atom. The van der Waals surface area contributed by atoms with Gasteiger partial charge in [-0.25, -0.2) is 0 Å². The van der Waals surface area contributed by atoms with E-state index < -0.39 is 11.4 Å². The van der Waals surface area contributed by atoms with Crippen LogP contribution in [-0.4, -0.2) is 80.0 Å². The number of carboxylic acids is 1. The topological polar surface area (TPSA) is 88.5 Å². The zero-order chi connectivity index (χ0) is 19.0. The van der Waals surface area contributed by atoms with E-state index in [1.807, 2.05) is 12.1 Å². The van der Waals surface area contributed by atoms with Crippen LogP contribution in [0.2, 0.25) is 0 Å². The first-order valence-corrected chi connectivity index (χ1v) is 9.13. The number of fused-ring (bicyclic) bond motifs is 2. The van der Waals surface area contributed by atoms with Crippen LogP contribution in [0.3, 0.4) is 0 Å². The Morgan fingerprint density at radius 1 is 1.26 bits per heavy atom. The molecular formula is C19H24N2O6. The van der Waals surface area contributed by atoms with E-state index in [0.29, 0.717) is 44.3 Å². The Morgan fingerprint density at radius 3 is 2.81 bits per heavy atom. The summed E-state index contributed by atoms with van der Waals surface area (Å²) in [5, 5.41) is 9.89. The average Bonchev–Trinajstić information content (AvgIpc) is 3.31. The van der Waals surface area contributed by atoms with Crippen molar-refractivity contribution >= 4 is 11.9 Å². The number of carboxylic acid groups (broad SMARTS) is 1. The van der Waals surface area contributed by atoms with Gasteiger partial charge in [-0.15, -0.1) is 0 Å². The lowest BCUT2D eigenvalue weighted by molar-refractivity contribution is -0.149. The highest BCUT2D eigenvalue weighted by atomic mass is 16.7. The average molecular weight is 376 g/mol. The molecule has 3 heterocycles. The summed E-state index contributed by atoms with van der Waals surface area (Å²) in [6.45, 7) is 3.39. The van der Waals surface area contributed by atoms with Crippen molar-refractivity contribution in [1.82, 2.24) is 9.80 Å². The van der Waals surface area contributed by atoms with Crippen molar-refractivity contribution in [2.24, 2.45) is 11.3 Å². The molecule has 0 saturated carbocycles. The lowest BCUT2D eigenvalue weighted by Gasteiger charge is -2.25. The first-order valence-electron chi connectivity index (χ1n) is 9.13. The van der Waals surface area contributed by atoms with Gasteiger partial charge in [0, 0.05) is 45.8 Å². The van der Waals surface area contributed by atoms with Crippen LogP contribution in [0.5, 0.6) is 11.5 Å². The van der Waals surface area contributed by atoms with Gasteiger partial charge >= 0.3 is 5.97 Å². The van der Waals surface area contributed by atoms with Gasteiger partial charge in [0.1, 0.15) is 5.41 Å². The highest BCUT2D eigenvalue weighted by Crippen LogP contribution is 2.43. The van der Waals surface area contributed by atoms with Gasteiger partial charge in [-0.1, -0.05) is 6.07 Å². The van der Waals surface area contributed by atoms with E-state index in [1.165, 1.54) is 0 Å². The number of rotatable bonds is 6. The highest BCUT2D eigenvalue weighted by molar-refractivity contribution is 5.83. The molecule has 8 heteroatoms. The summed E-state index contributed by atoms with van der Waals surface area (Å²) in [6.07, 6.45) is 0.229. The van der Waals surface area contributed by atoms with Crippen molar-refractivity contribution in [2.45, 2.75) is 6.42 Å². The number of ether oxygens (including phenoxy) is 3. The number of likely N-dealkylation sites (tertiary alicyclic amines) is 2. The minimum Gasteiger partial charge on any atom is -0.481 e. The van der Waals surface area contributed by atoms with Crippen molar-refractivity contribution in [3.8, 4) is 11.5 Å². The number of carbonyl (C=O) groups excluding carboxylic acids is 1. The number of aliphatic carboxylic acids is 1. The molecule has 0 unspecified atom stereocenters. The molecule has 1 N–H and O–H groups in total. The maximum absolute atomic E-state index is 12.8. The SMILES string of the molecule is COCCN1C[C@H]2CN(C(=O)Cc3ccc4c(c3)OCO4)C[C@@]2(C(=O)O)C1. The van der Waals surface area contributed by atoms with Crippen LogP contribution in [0.4, 0.5) is 0 Å². The van der Waals surface area contributed by atoms with Crippen LogP contribution in [-0.2, 0) is 20.7 Å². The van der Waals surface area contributed by atoms with Crippen LogP contribution in [0.1, 0.15) is 5.56 Å². The molecule has 0 aromatic heterocycles. The Kier molecular flexibility index (Phi) is 4.69. The van der Waals surface area contributed by atoms with Crippen molar-refractivity contribution < 1.29 is 28.9 Å². The van der Waals surface area contributed by atoms with E-state index in [2.05, 4.69) is 4.90 Å². The second kappa shape index (κ2) is 7.01. The van der Waals surface area contributed by atoms with Crippen LogP contribution < -0.4 is 9.47 Å². The summed E-state index contributed by atoms with van der Waals surface area (Å²) in [4.78, 5) is 28.7. The zero-order valence-electron chi connectivity index (χ0n) is 15.3. The molecule has 1 amide bonds. The standard InChI is InChI=1S/C19H24N2O6/c1-25-5-4-20-8-14-9-21(11-19(14,10-20)18(23)24)17(22)7-13-2-3-15-16(6-13)27-12-26-15/h2-3,6,14H,4-5,7-12H2,1H3,(H,23,24)/t14-,19-/m0/s1. The molecule has 2 saturated heterocycles. The molecule has 0 spiro atoms. The molecule has 2 atom stereocenters. The molecule has 146 valence electrons. The van der Waals surface area contributed by atoms with E-state index in [1.54, 1.807) is 18.1 Å². The van der Waals surface area contributed by atoms with Crippen molar-refractivity contribution in [3.63, 3.8) is 0 Å². The van der Waals surface area contributed by atoms with Crippen LogP contribution in [0, 0.1) is 11.3 Å². The fraction of sp³-hybridized carbons (Fsp3) is 0.579. The van der Waals surface area contributed by atoms with Crippen molar-refractivity contribution in [1.29, 1.82) is 0 Å². The summed E-state index contributed by atoms with van der Waals surface area (Å²) < 4.78 is 15.8. The first-order chi connectivity index (χ1) is 13.0. The molecule has 0 radical (unpaired) electrons. The third-order valence-corrected chi connectivity index (χ3v) is 5.86. The Balaban J connectivity index is 1.42. The van der Waals surface area contributed by atoms with Gasteiger partial charge < -0.3 is 24.2 Å². The van der Waals surface area contributed by atoms with E-state index in [4.69, 9.17) is 14.2 Å². The van der Waals surface area contributed by atoms with Gasteiger partial charge in [0.2, 0.25) is 12.7 Å². The molecule has 2 fully saturated rings. The molecule has 27 heavy (non-hydrogen) atoms. The highest BCUT2D eigenvalue weighted by Gasteiger charge is 2.58. The minimum atomic E-state index is -0.877. The number of hydrogen-bond acceptors (Lipinski definition) is 6. The van der Waals surface area contributed by atoms with E-state index >= 15 is 0 Å². The fourth-order valence-electron chi connectivity index (χ4n) is 4.39. The lowest BCUT2D eigenvalue weighted by Crippen LogP contribution is -2.42. The number of amides is 1. The predicted molar refractivity (Wildman–Crippen MR) is 94.7 cm³/mol. The van der Waals surface area contributed by atoms with E-state index in [-0.39, 0.29) is 31.6 Å². The quantitative estimate of drug-likeness (QED) is 0.771. The van der Waals surface area contributed by atoms with Gasteiger partial charge in [-0.2, -0.15) is 0 Å². The van der Waals surface area contributed by atoms with E-state index in [9.17, 15) is 14.7 Å². The van der Waals surface area contributed by atoms with E-state index in [0.717, 1.165) is 5.56 Å². The van der Waals surface area contributed by atoms with Crippen LogP contribution >= 0.6 is 0 Å². The first kappa shape index (κ1) is 18.1. The molecule has 1 aromatic carbocycles. The number of hydrogen-bond donors (Lipinski definition) is 1. The molecule has 4 rings (SSSR count). The van der Waals surface area contributed by atoms with Gasteiger partial charge in [0.05, 0.1) is 13.0 Å². The fourth-order valence-corrected chi connectivity index (χ4v) is 4.39. The zero-order valence-corrected chi connectivity index (χ0v) is 15.3. The van der Waals surface area contributed by atoms with Gasteiger partial charge in [0.25, 0.3) is 0 Å². The maximum Gasteiger partial charge on any atom is 0.313 e. The monoisotopic (exact) mass is 376 g/mol. The molecule has 0 bridgehead atoms. The lowest BCUT2D eigenvalue weighted by atomic mass is 9.81. The Labute approximate surface area is 157 Å². The molecule has 3 aliphatic rings. The molecule has 1 aromatic rings.